The molecule has 1 heterocycles. The lowest BCUT2D eigenvalue weighted by Crippen LogP contribution is -2.43. The van der Waals surface area contributed by atoms with E-state index in [1.807, 2.05) is 48.5 Å². The van der Waals surface area contributed by atoms with Crippen molar-refractivity contribution in [2.24, 2.45) is 11.1 Å². The molecule has 5 heteroatoms. The number of hydrogen-bond acceptors (Lipinski definition) is 4. The van der Waals surface area contributed by atoms with Crippen molar-refractivity contribution in [2.45, 2.75) is 25.8 Å². The van der Waals surface area contributed by atoms with Gasteiger partial charge in [-0.3, -0.25) is 4.79 Å². The number of oxime groups is 1. The molecule has 2 aromatic rings. The summed E-state index contributed by atoms with van der Waals surface area (Å²) in [6, 6.07) is 18.2. The largest absolute Gasteiger partial charge is 0.481 e. The van der Waals surface area contributed by atoms with Gasteiger partial charge in [0.05, 0.1) is 5.92 Å². The first-order valence-electron chi connectivity index (χ1n) is 8.92. The van der Waals surface area contributed by atoms with Crippen LogP contribution in [0.3, 0.4) is 0 Å². The van der Waals surface area contributed by atoms with Crippen molar-refractivity contribution >= 4 is 11.7 Å². The van der Waals surface area contributed by atoms with Gasteiger partial charge in [-0.25, -0.2) is 0 Å². The number of carboxylic acids is 1. The fourth-order valence-corrected chi connectivity index (χ4v) is 3.15. The normalized spacial score (nSPS) is 20.6. The molecule has 1 aliphatic heterocycles. The van der Waals surface area contributed by atoms with Gasteiger partial charge in [0.25, 0.3) is 0 Å². The fourth-order valence-electron chi connectivity index (χ4n) is 3.15. The highest BCUT2D eigenvalue weighted by molar-refractivity contribution is 6.13. The molecule has 3 rings (SSSR count). The van der Waals surface area contributed by atoms with E-state index in [1.165, 1.54) is 0 Å². The van der Waals surface area contributed by atoms with Crippen LogP contribution in [0.2, 0.25) is 0 Å². The summed E-state index contributed by atoms with van der Waals surface area (Å²) < 4.78 is 0. The molecule has 2 atom stereocenters. The highest BCUT2D eigenvalue weighted by atomic mass is 16.6. The van der Waals surface area contributed by atoms with Crippen LogP contribution in [-0.2, 0) is 9.63 Å². The Hall–Kier alpha value is -2.66. The Balaban J connectivity index is 1.70. The molecule has 0 saturated carbocycles. The van der Waals surface area contributed by atoms with Crippen LogP contribution in [0.15, 0.2) is 59.8 Å². The highest BCUT2D eigenvalue weighted by Gasteiger charge is 2.25. The van der Waals surface area contributed by atoms with Crippen LogP contribution in [-0.4, -0.2) is 36.0 Å². The monoisotopic (exact) mass is 352 g/mol. The molecule has 0 radical (unpaired) electrons. The Morgan fingerprint density at radius 3 is 2.54 bits per heavy atom. The number of nitrogens with one attached hydrogen (secondary N) is 1. The van der Waals surface area contributed by atoms with Gasteiger partial charge in [0, 0.05) is 23.7 Å². The first kappa shape index (κ1) is 18.1. The van der Waals surface area contributed by atoms with Gasteiger partial charge >= 0.3 is 5.97 Å². The SMILES string of the molecule is Cc1ccccc1/C(=N\OC[C@@H]1CC[C@@H](C(=O)O)CN1)c1ccccc1. The molecular formula is C21H24N2O3. The molecule has 0 aromatic heterocycles. The van der Waals surface area contributed by atoms with E-state index >= 15 is 0 Å². The Labute approximate surface area is 153 Å². The van der Waals surface area contributed by atoms with Crippen molar-refractivity contribution < 1.29 is 14.7 Å². The van der Waals surface area contributed by atoms with E-state index < -0.39 is 5.97 Å². The van der Waals surface area contributed by atoms with Crippen LogP contribution in [0.4, 0.5) is 0 Å². The molecule has 0 spiro atoms. The lowest BCUT2D eigenvalue weighted by molar-refractivity contribution is -0.142. The third-order valence-corrected chi connectivity index (χ3v) is 4.74. The van der Waals surface area contributed by atoms with Gasteiger partial charge in [-0.15, -0.1) is 0 Å². The van der Waals surface area contributed by atoms with E-state index in [2.05, 4.69) is 23.5 Å². The van der Waals surface area contributed by atoms with Gasteiger partial charge in [-0.2, -0.15) is 0 Å². The zero-order chi connectivity index (χ0) is 18.4. The topological polar surface area (TPSA) is 70.9 Å². The number of rotatable bonds is 6. The van der Waals surface area contributed by atoms with E-state index in [-0.39, 0.29) is 12.0 Å². The summed E-state index contributed by atoms with van der Waals surface area (Å²) >= 11 is 0. The number of hydrogen-bond donors (Lipinski definition) is 2. The van der Waals surface area contributed by atoms with E-state index in [9.17, 15) is 4.79 Å². The maximum absolute atomic E-state index is 11.0. The molecule has 1 saturated heterocycles. The Kier molecular flexibility index (Phi) is 6.02. The maximum atomic E-state index is 11.0. The minimum absolute atomic E-state index is 0.128. The lowest BCUT2D eigenvalue weighted by Gasteiger charge is -2.26. The molecule has 0 bridgehead atoms. The number of carbonyl (C=O) groups is 1. The van der Waals surface area contributed by atoms with Gasteiger partial charge in [0.2, 0.25) is 0 Å². The van der Waals surface area contributed by atoms with Crippen LogP contribution in [0.1, 0.15) is 29.5 Å². The van der Waals surface area contributed by atoms with Gasteiger partial charge in [0.1, 0.15) is 12.3 Å². The number of piperidine rings is 1. The second-order valence-electron chi connectivity index (χ2n) is 6.63. The molecule has 26 heavy (non-hydrogen) atoms. The van der Waals surface area contributed by atoms with Gasteiger partial charge in [0.15, 0.2) is 0 Å². The van der Waals surface area contributed by atoms with Crippen molar-refractivity contribution in [3.05, 3.63) is 71.3 Å². The smallest absolute Gasteiger partial charge is 0.307 e. The zero-order valence-electron chi connectivity index (χ0n) is 14.9. The van der Waals surface area contributed by atoms with Gasteiger partial charge in [-0.05, 0) is 25.3 Å². The average Bonchev–Trinajstić information content (AvgIpc) is 2.67. The summed E-state index contributed by atoms with van der Waals surface area (Å²) in [5.74, 6) is -1.04. The van der Waals surface area contributed by atoms with Crippen molar-refractivity contribution in [3.63, 3.8) is 0 Å². The second-order valence-corrected chi connectivity index (χ2v) is 6.63. The summed E-state index contributed by atoms with van der Waals surface area (Å²) in [7, 11) is 0. The molecule has 5 nitrogen and oxygen atoms in total. The number of carboxylic acid groups (broad SMARTS) is 1. The van der Waals surface area contributed by atoms with Crippen LogP contribution < -0.4 is 5.32 Å². The summed E-state index contributed by atoms with van der Waals surface area (Å²) in [4.78, 5) is 16.7. The molecule has 2 N–H and O–H groups in total. The molecule has 0 unspecified atom stereocenters. The summed E-state index contributed by atoms with van der Waals surface area (Å²) in [6.07, 6.45) is 1.45. The van der Waals surface area contributed by atoms with Crippen molar-refractivity contribution in [1.82, 2.24) is 5.32 Å². The molecule has 0 aliphatic carbocycles. The summed E-state index contributed by atoms with van der Waals surface area (Å²) in [5.41, 5.74) is 3.99. The maximum Gasteiger partial charge on any atom is 0.307 e. The Morgan fingerprint density at radius 1 is 1.15 bits per heavy atom. The van der Waals surface area contributed by atoms with Gasteiger partial charge in [-0.1, -0.05) is 59.8 Å². The molecule has 1 fully saturated rings. The zero-order valence-corrected chi connectivity index (χ0v) is 14.9. The number of aliphatic carboxylic acids is 1. The predicted octanol–water partition coefficient (Wildman–Crippen LogP) is 3.22. The lowest BCUT2D eigenvalue weighted by atomic mass is 9.95. The summed E-state index contributed by atoms with van der Waals surface area (Å²) in [6.45, 7) is 2.97. The third-order valence-electron chi connectivity index (χ3n) is 4.74. The molecular weight excluding hydrogens is 328 g/mol. The van der Waals surface area contributed by atoms with Crippen LogP contribution in [0.25, 0.3) is 0 Å². The van der Waals surface area contributed by atoms with E-state index in [0.29, 0.717) is 19.6 Å². The van der Waals surface area contributed by atoms with Crippen LogP contribution >= 0.6 is 0 Å². The first-order chi connectivity index (χ1) is 12.6. The van der Waals surface area contributed by atoms with Crippen molar-refractivity contribution in [1.29, 1.82) is 0 Å². The second kappa shape index (κ2) is 8.63. The molecule has 2 aromatic carbocycles. The van der Waals surface area contributed by atoms with Gasteiger partial charge < -0.3 is 15.3 Å². The number of nitrogens with zero attached hydrogens (tertiary/aromatic N) is 1. The van der Waals surface area contributed by atoms with Crippen molar-refractivity contribution in [3.8, 4) is 0 Å². The average molecular weight is 352 g/mol. The predicted molar refractivity (Wildman–Crippen MR) is 101 cm³/mol. The Bertz CT molecular complexity index is 766. The van der Waals surface area contributed by atoms with E-state index in [0.717, 1.165) is 28.8 Å². The number of aryl methyl sites for hydroxylation is 1. The number of benzene rings is 2. The quantitative estimate of drug-likeness (QED) is 0.619. The molecule has 0 amide bonds. The third kappa shape index (κ3) is 4.49. The minimum Gasteiger partial charge on any atom is -0.481 e. The highest BCUT2D eigenvalue weighted by Crippen LogP contribution is 2.17. The standard InChI is InChI=1S/C21H24N2O3/c1-15-7-5-6-10-19(15)20(16-8-3-2-4-9-16)23-26-14-18-12-11-17(13-22-18)21(24)25/h2-10,17-18,22H,11-14H2,1H3,(H,24,25)/b23-20-/t17-,18+/m1/s1. The Morgan fingerprint density at radius 2 is 1.88 bits per heavy atom. The van der Waals surface area contributed by atoms with E-state index in [4.69, 9.17) is 9.94 Å². The molecule has 1 aliphatic rings. The fraction of sp³-hybridized carbons (Fsp3) is 0.333. The van der Waals surface area contributed by atoms with Crippen molar-refractivity contribution in [2.75, 3.05) is 13.2 Å². The molecule has 136 valence electrons. The first-order valence-corrected chi connectivity index (χ1v) is 8.92. The van der Waals surface area contributed by atoms with Crippen LogP contribution in [0.5, 0.6) is 0 Å². The summed E-state index contributed by atoms with van der Waals surface area (Å²) in [5, 5.41) is 16.7. The van der Waals surface area contributed by atoms with E-state index in [1.54, 1.807) is 0 Å². The van der Waals surface area contributed by atoms with Crippen LogP contribution in [0, 0.1) is 12.8 Å². The minimum atomic E-state index is -0.735.